The fourth-order valence-electron chi connectivity index (χ4n) is 4.12. The highest BCUT2D eigenvalue weighted by atomic mass is 19.4. The van der Waals surface area contributed by atoms with Crippen molar-refractivity contribution in [3.8, 4) is 5.75 Å². The standard InChI is InChI=1S/C23H25F5N4O4/c1-5-30-32-20(33)15-10-12(8-9-29-15)31-21(34)19-16(11(2)22(3,36-19)23(26,27)28)13-6-7-14(24)17(25)18(13)35-4/h6-11,16,19,30H,5H2,1-4H3,(H,32,33)(H,29,31,34)/t11-,16-,19+,22+/m0/s1. The van der Waals surface area contributed by atoms with E-state index in [0.29, 0.717) is 6.54 Å². The molecule has 13 heteroatoms. The Labute approximate surface area is 203 Å². The van der Waals surface area contributed by atoms with Crippen LogP contribution in [0.5, 0.6) is 5.75 Å². The molecule has 0 spiro atoms. The fraction of sp³-hybridized carbons (Fsp3) is 0.435. The van der Waals surface area contributed by atoms with Crippen LogP contribution in [-0.2, 0) is 9.53 Å². The number of halogens is 5. The number of ether oxygens (including phenoxy) is 2. The summed E-state index contributed by atoms with van der Waals surface area (Å²) >= 11 is 0. The number of nitrogens with zero attached hydrogens (tertiary/aromatic N) is 1. The van der Waals surface area contributed by atoms with E-state index in [1.54, 1.807) is 6.92 Å². The number of methoxy groups -OCH3 is 1. The van der Waals surface area contributed by atoms with Gasteiger partial charge in [-0.3, -0.25) is 20.0 Å². The third-order valence-corrected chi connectivity index (χ3v) is 6.21. The Balaban J connectivity index is 2.00. The molecule has 3 rings (SSSR count). The molecule has 1 aromatic heterocycles. The molecule has 0 unspecified atom stereocenters. The van der Waals surface area contributed by atoms with Crippen LogP contribution in [-0.4, -0.2) is 48.3 Å². The van der Waals surface area contributed by atoms with Gasteiger partial charge in [0.1, 0.15) is 11.8 Å². The summed E-state index contributed by atoms with van der Waals surface area (Å²) in [6.07, 6.45) is -5.43. The van der Waals surface area contributed by atoms with Crippen LogP contribution in [0.3, 0.4) is 0 Å². The number of hydrogen-bond donors (Lipinski definition) is 3. The molecular weight excluding hydrogens is 491 g/mol. The molecular formula is C23H25F5N4O4. The number of nitrogens with one attached hydrogen (secondary N) is 3. The molecule has 36 heavy (non-hydrogen) atoms. The normalized spacial score (nSPS) is 23.9. The second kappa shape index (κ2) is 10.3. The number of rotatable bonds is 7. The van der Waals surface area contributed by atoms with Gasteiger partial charge in [-0.2, -0.15) is 17.6 Å². The van der Waals surface area contributed by atoms with Crippen LogP contribution in [0.1, 0.15) is 42.7 Å². The van der Waals surface area contributed by atoms with Gasteiger partial charge in [0.15, 0.2) is 17.2 Å². The average Bonchev–Trinajstić information content (AvgIpc) is 3.11. The Bertz CT molecular complexity index is 1150. The highest BCUT2D eigenvalue weighted by molar-refractivity contribution is 5.97. The lowest BCUT2D eigenvalue weighted by atomic mass is 9.77. The third kappa shape index (κ3) is 4.98. The molecule has 1 saturated heterocycles. The number of anilines is 1. The maximum absolute atomic E-state index is 14.4. The van der Waals surface area contributed by atoms with Crippen molar-refractivity contribution in [3.63, 3.8) is 0 Å². The third-order valence-electron chi connectivity index (χ3n) is 6.21. The number of hydrazine groups is 1. The molecule has 4 atom stereocenters. The van der Waals surface area contributed by atoms with Gasteiger partial charge in [0.2, 0.25) is 5.82 Å². The highest BCUT2D eigenvalue weighted by Crippen LogP contribution is 2.55. The minimum Gasteiger partial charge on any atom is -0.493 e. The number of alkyl halides is 3. The first-order valence-corrected chi connectivity index (χ1v) is 10.9. The minimum absolute atomic E-state index is 0.0597. The van der Waals surface area contributed by atoms with Gasteiger partial charge in [-0.25, -0.2) is 9.82 Å². The maximum Gasteiger partial charge on any atom is 0.417 e. The molecule has 8 nitrogen and oxygen atoms in total. The summed E-state index contributed by atoms with van der Waals surface area (Å²) in [5, 5.41) is 2.43. The summed E-state index contributed by atoms with van der Waals surface area (Å²) in [4.78, 5) is 29.2. The second-order valence-corrected chi connectivity index (χ2v) is 8.35. The minimum atomic E-state index is -4.89. The summed E-state index contributed by atoms with van der Waals surface area (Å²) in [5.74, 6) is -7.63. The average molecular weight is 516 g/mol. The van der Waals surface area contributed by atoms with Gasteiger partial charge < -0.3 is 14.8 Å². The monoisotopic (exact) mass is 516 g/mol. The summed E-state index contributed by atoms with van der Waals surface area (Å²) in [5.41, 5.74) is 2.02. The molecule has 0 aliphatic carbocycles. The molecule has 2 aromatic rings. The first kappa shape index (κ1) is 27.3. The quantitative estimate of drug-likeness (QED) is 0.383. The lowest BCUT2D eigenvalue weighted by molar-refractivity contribution is -0.272. The van der Waals surface area contributed by atoms with E-state index in [0.717, 1.165) is 26.2 Å². The Kier molecular flexibility index (Phi) is 7.84. The number of benzene rings is 1. The van der Waals surface area contributed by atoms with Crippen LogP contribution in [0, 0.1) is 17.6 Å². The molecule has 1 aliphatic rings. The summed E-state index contributed by atoms with van der Waals surface area (Å²) in [6, 6.07) is 4.37. The van der Waals surface area contributed by atoms with Crippen molar-refractivity contribution in [1.29, 1.82) is 0 Å². The van der Waals surface area contributed by atoms with Crippen molar-refractivity contribution >= 4 is 17.5 Å². The Morgan fingerprint density at radius 2 is 1.92 bits per heavy atom. The zero-order chi connectivity index (χ0) is 26.8. The van der Waals surface area contributed by atoms with E-state index in [9.17, 15) is 31.5 Å². The van der Waals surface area contributed by atoms with Crippen LogP contribution in [0.25, 0.3) is 0 Å². The lowest BCUT2D eigenvalue weighted by Gasteiger charge is -2.32. The van der Waals surface area contributed by atoms with Gasteiger partial charge in [-0.15, -0.1) is 0 Å². The molecule has 3 N–H and O–H groups in total. The van der Waals surface area contributed by atoms with Gasteiger partial charge in [0.25, 0.3) is 11.8 Å². The predicted molar refractivity (Wildman–Crippen MR) is 118 cm³/mol. The van der Waals surface area contributed by atoms with E-state index in [1.165, 1.54) is 25.3 Å². The van der Waals surface area contributed by atoms with Crippen molar-refractivity contribution < 1.29 is 41.0 Å². The van der Waals surface area contributed by atoms with E-state index in [1.807, 2.05) is 0 Å². The molecule has 1 aromatic carbocycles. The molecule has 0 saturated carbocycles. The van der Waals surface area contributed by atoms with Gasteiger partial charge in [0.05, 0.1) is 7.11 Å². The van der Waals surface area contributed by atoms with Crippen molar-refractivity contribution in [2.75, 3.05) is 19.0 Å². The van der Waals surface area contributed by atoms with E-state index in [4.69, 9.17) is 9.47 Å². The number of pyridine rings is 1. The number of carbonyl (C=O) groups is 2. The van der Waals surface area contributed by atoms with Crippen LogP contribution < -0.4 is 20.9 Å². The number of hydrogen-bond acceptors (Lipinski definition) is 6. The summed E-state index contributed by atoms with van der Waals surface area (Å²) in [6.45, 7) is 4.19. The van der Waals surface area contributed by atoms with Crippen LogP contribution in [0.15, 0.2) is 30.5 Å². The summed E-state index contributed by atoms with van der Waals surface area (Å²) < 4.78 is 80.6. The fourth-order valence-corrected chi connectivity index (χ4v) is 4.12. The zero-order valence-corrected chi connectivity index (χ0v) is 19.8. The summed E-state index contributed by atoms with van der Waals surface area (Å²) in [7, 11) is 1.04. The number of carbonyl (C=O) groups excluding carboxylic acids is 2. The molecule has 2 amide bonds. The van der Waals surface area contributed by atoms with E-state index >= 15 is 0 Å². The van der Waals surface area contributed by atoms with Crippen molar-refractivity contribution in [1.82, 2.24) is 15.8 Å². The first-order chi connectivity index (χ1) is 16.9. The van der Waals surface area contributed by atoms with Crippen molar-refractivity contribution in [2.45, 2.75) is 44.6 Å². The molecule has 1 fully saturated rings. The molecule has 0 bridgehead atoms. The van der Waals surface area contributed by atoms with Gasteiger partial charge >= 0.3 is 6.18 Å². The van der Waals surface area contributed by atoms with E-state index < -0.39 is 58.9 Å². The van der Waals surface area contributed by atoms with Crippen LogP contribution >= 0.6 is 0 Å². The van der Waals surface area contributed by atoms with E-state index in [2.05, 4.69) is 21.2 Å². The molecule has 1 aliphatic heterocycles. The highest BCUT2D eigenvalue weighted by Gasteiger charge is 2.65. The van der Waals surface area contributed by atoms with Gasteiger partial charge in [0, 0.05) is 35.8 Å². The first-order valence-electron chi connectivity index (χ1n) is 10.9. The number of aromatic nitrogens is 1. The Morgan fingerprint density at radius 3 is 2.53 bits per heavy atom. The van der Waals surface area contributed by atoms with Crippen molar-refractivity contribution in [3.05, 3.63) is 53.4 Å². The Hall–Kier alpha value is -3.32. The topological polar surface area (TPSA) is 102 Å². The van der Waals surface area contributed by atoms with Gasteiger partial charge in [-0.05, 0) is 25.1 Å². The second-order valence-electron chi connectivity index (χ2n) is 8.35. The maximum atomic E-state index is 14.4. The van der Waals surface area contributed by atoms with Crippen LogP contribution in [0.4, 0.5) is 27.6 Å². The molecule has 0 radical (unpaired) electrons. The smallest absolute Gasteiger partial charge is 0.417 e. The molecule has 2 heterocycles. The SMILES string of the molecule is CCNNC(=O)c1cc(NC(=O)[C@@H]2O[C@@](C)(C(F)(F)F)[C@@H](C)[C@H]2c2ccc(F)c(F)c2OC)ccn1. The van der Waals surface area contributed by atoms with Crippen molar-refractivity contribution in [2.24, 2.45) is 5.92 Å². The van der Waals surface area contributed by atoms with Gasteiger partial charge in [-0.1, -0.05) is 19.9 Å². The zero-order valence-electron chi connectivity index (χ0n) is 19.8. The Morgan fingerprint density at radius 1 is 1.22 bits per heavy atom. The largest absolute Gasteiger partial charge is 0.493 e. The number of amides is 2. The predicted octanol–water partition coefficient (Wildman–Crippen LogP) is 3.70. The van der Waals surface area contributed by atoms with E-state index in [-0.39, 0.29) is 16.9 Å². The van der Waals surface area contributed by atoms with Crippen LogP contribution in [0.2, 0.25) is 0 Å². The lowest BCUT2D eigenvalue weighted by Crippen LogP contribution is -2.47. The molecule has 196 valence electrons.